The van der Waals surface area contributed by atoms with Crippen LogP contribution in [0.2, 0.25) is 5.02 Å². The molecule has 6 heteroatoms. The van der Waals surface area contributed by atoms with Gasteiger partial charge in [0.15, 0.2) is 0 Å². The molecular weight excluding hydrogens is 384 g/mol. The van der Waals surface area contributed by atoms with Gasteiger partial charge in [-0.05, 0) is 55.3 Å². The van der Waals surface area contributed by atoms with Crippen molar-refractivity contribution in [3.05, 3.63) is 70.4 Å². The molecule has 2 aliphatic heterocycles. The summed E-state index contributed by atoms with van der Waals surface area (Å²) in [6, 6.07) is 14.3. The first-order valence-electron chi connectivity index (χ1n) is 10.1. The molecule has 0 radical (unpaired) electrons. The number of aryl methyl sites for hydroxylation is 2. The highest BCUT2D eigenvalue weighted by Gasteiger charge is 2.27. The van der Waals surface area contributed by atoms with Crippen molar-refractivity contribution in [1.82, 2.24) is 20.3 Å². The first-order chi connectivity index (χ1) is 14.2. The molecule has 148 valence electrons. The van der Waals surface area contributed by atoms with Gasteiger partial charge in [0, 0.05) is 35.7 Å². The van der Waals surface area contributed by atoms with Crippen molar-refractivity contribution in [3.63, 3.8) is 0 Å². The Kier molecular flexibility index (Phi) is 4.86. The van der Waals surface area contributed by atoms with E-state index in [1.807, 2.05) is 35.9 Å². The number of rotatable bonds is 3. The summed E-state index contributed by atoms with van der Waals surface area (Å²) < 4.78 is 8.45. The van der Waals surface area contributed by atoms with E-state index in [1.54, 1.807) is 0 Å². The summed E-state index contributed by atoms with van der Waals surface area (Å²) in [4.78, 5) is 0. The van der Waals surface area contributed by atoms with Gasteiger partial charge in [-0.15, -0.1) is 5.10 Å². The second-order valence-electron chi connectivity index (χ2n) is 7.58. The fraction of sp³-hybridized carbons (Fsp3) is 0.304. The number of hydrogen-bond donors (Lipinski definition) is 1. The number of benzene rings is 2. The van der Waals surface area contributed by atoms with Crippen molar-refractivity contribution >= 4 is 17.2 Å². The summed E-state index contributed by atoms with van der Waals surface area (Å²) in [6.07, 6.45) is 4.06. The van der Waals surface area contributed by atoms with Gasteiger partial charge < -0.3 is 10.1 Å². The standard InChI is InChI=1S/C23H23ClN4O/c1-15-23-20-6-5-17(16-7-10-25-11-8-16)13-21(20)22(9-12-28(23)27-26-15)29-19-4-2-3-18(24)14-19/h2-7,13-14,22,25H,8-12H2,1H3. The van der Waals surface area contributed by atoms with E-state index >= 15 is 0 Å². The van der Waals surface area contributed by atoms with Crippen molar-refractivity contribution in [2.24, 2.45) is 0 Å². The highest BCUT2D eigenvalue weighted by atomic mass is 35.5. The molecule has 5 nitrogen and oxygen atoms in total. The predicted molar refractivity (Wildman–Crippen MR) is 115 cm³/mol. The first-order valence-corrected chi connectivity index (χ1v) is 10.4. The fourth-order valence-corrected chi connectivity index (χ4v) is 4.42. The monoisotopic (exact) mass is 406 g/mol. The number of fused-ring (bicyclic) bond motifs is 3. The summed E-state index contributed by atoms with van der Waals surface area (Å²) in [6.45, 7) is 4.72. The van der Waals surface area contributed by atoms with Gasteiger partial charge in [-0.25, -0.2) is 4.68 Å². The molecule has 0 amide bonds. The molecule has 0 fully saturated rings. The van der Waals surface area contributed by atoms with Crippen molar-refractivity contribution < 1.29 is 4.74 Å². The Labute approximate surface area is 175 Å². The Morgan fingerprint density at radius 3 is 2.97 bits per heavy atom. The number of aromatic nitrogens is 3. The lowest BCUT2D eigenvalue weighted by atomic mass is 9.92. The third-order valence-corrected chi connectivity index (χ3v) is 5.90. The first kappa shape index (κ1) is 18.4. The Balaban J connectivity index is 1.61. The summed E-state index contributed by atoms with van der Waals surface area (Å²) in [5.41, 5.74) is 7.03. The van der Waals surface area contributed by atoms with Crippen LogP contribution in [-0.4, -0.2) is 28.1 Å². The van der Waals surface area contributed by atoms with Crippen molar-refractivity contribution in [2.45, 2.75) is 32.4 Å². The molecular formula is C23H23ClN4O. The van der Waals surface area contributed by atoms with E-state index in [9.17, 15) is 0 Å². The topological polar surface area (TPSA) is 52.0 Å². The zero-order chi connectivity index (χ0) is 19.8. The molecule has 3 aromatic rings. The minimum atomic E-state index is -0.0770. The van der Waals surface area contributed by atoms with Crippen LogP contribution in [-0.2, 0) is 6.54 Å². The van der Waals surface area contributed by atoms with E-state index < -0.39 is 0 Å². The van der Waals surface area contributed by atoms with Crippen LogP contribution in [0.5, 0.6) is 5.75 Å². The number of nitrogens with one attached hydrogen (secondary N) is 1. The molecule has 0 saturated heterocycles. The molecule has 5 rings (SSSR count). The zero-order valence-corrected chi connectivity index (χ0v) is 17.1. The molecule has 1 N–H and O–H groups in total. The highest BCUT2D eigenvalue weighted by molar-refractivity contribution is 6.30. The van der Waals surface area contributed by atoms with Gasteiger partial charge >= 0.3 is 0 Å². The van der Waals surface area contributed by atoms with Crippen LogP contribution in [0.1, 0.15) is 35.8 Å². The van der Waals surface area contributed by atoms with Gasteiger partial charge in [-0.3, -0.25) is 0 Å². The van der Waals surface area contributed by atoms with Crippen molar-refractivity contribution in [1.29, 1.82) is 0 Å². The van der Waals surface area contributed by atoms with Gasteiger partial charge in [0.1, 0.15) is 11.9 Å². The number of ether oxygens (including phenoxy) is 1. The lowest BCUT2D eigenvalue weighted by Gasteiger charge is -2.22. The molecule has 3 heterocycles. The maximum Gasteiger partial charge on any atom is 0.126 e. The predicted octanol–water partition coefficient (Wildman–Crippen LogP) is 4.81. The van der Waals surface area contributed by atoms with E-state index in [2.05, 4.69) is 39.9 Å². The van der Waals surface area contributed by atoms with Crippen LogP contribution < -0.4 is 10.1 Å². The lowest BCUT2D eigenvalue weighted by Crippen LogP contribution is -2.20. The Hall–Kier alpha value is -2.63. The average molecular weight is 407 g/mol. The van der Waals surface area contributed by atoms with Gasteiger partial charge in [0.05, 0.1) is 11.4 Å². The van der Waals surface area contributed by atoms with E-state index in [1.165, 1.54) is 16.7 Å². The number of hydrogen-bond acceptors (Lipinski definition) is 4. The minimum Gasteiger partial charge on any atom is -0.486 e. The van der Waals surface area contributed by atoms with Crippen LogP contribution in [0.25, 0.3) is 16.8 Å². The second kappa shape index (κ2) is 7.65. The van der Waals surface area contributed by atoms with Crippen molar-refractivity contribution in [2.75, 3.05) is 13.1 Å². The number of halogens is 1. The average Bonchev–Trinajstić information content (AvgIpc) is 3.03. The minimum absolute atomic E-state index is 0.0770. The molecule has 2 aliphatic rings. The Morgan fingerprint density at radius 1 is 1.21 bits per heavy atom. The molecule has 0 bridgehead atoms. The summed E-state index contributed by atoms with van der Waals surface area (Å²) >= 11 is 6.18. The van der Waals surface area contributed by atoms with Gasteiger partial charge in [-0.1, -0.05) is 41.1 Å². The lowest BCUT2D eigenvalue weighted by molar-refractivity contribution is 0.189. The van der Waals surface area contributed by atoms with Gasteiger partial charge in [0.25, 0.3) is 0 Å². The Bertz CT molecular complexity index is 1090. The van der Waals surface area contributed by atoms with E-state index in [0.29, 0.717) is 5.02 Å². The molecule has 0 spiro atoms. The fourth-order valence-electron chi connectivity index (χ4n) is 4.24. The van der Waals surface area contributed by atoms with Gasteiger partial charge in [-0.2, -0.15) is 0 Å². The Morgan fingerprint density at radius 2 is 2.14 bits per heavy atom. The second-order valence-corrected chi connectivity index (χ2v) is 8.02. The summed E-state index contributed by atoms with van der Waals surface area (Å²) in [5, 5.41) is 12.7. The summed E-state index contributed by atoms with van der Waals surface area (Å²) in [5.74, 6) is 0.786. The molecule has 1 unspecified atom stereocenters. The van der Waals surface area contributed by atoms with Crippen molar-refractivity contribution in [3.8, 4) is 17.0 Å². The van der Waals surface area contributed by atoms with Crippen LogP contribution in [0.4, 0.5) is 0 Å². The van der Waals surface area contributed by atoms with E-state index in [4.69, 9.17) is 16.3 Å². The molecule has 29 heavy (non-hydrogen) atoms. The maximum atomic E-state index is 6.45. The molecule has 0 saturated carbocycles. The molecule has 2 aromatic carbocycles. The zero-order valence-electron chi connectivity index (χ0n) is 16.4. The van der Waals surface area contributed by atoms with Crippen LogP contribution >= 0.6 is 11.6 Å². The van der Waals surface area contributed by atoms with Crippen LogP contribution in [0, 0.1) is 6.92 Å². The molecule has 1 atom stereocenters. The van der Waals surface area contributed by atoms with E-state index in [-0.39, 0.29) is 6.10 Å². The molecule has 0 aliphatic carbocycles. The third kappa shape index (κ3) is 3.56. The highest BCUT2D eigenvalue weighted by Crippen LogP contribution is 2.39. The maximum absolute atomic E-state index is 6.45. The SMILES string of the molecule is Cc1nnn2c1-c1ccc(C3=CCNCC3)cc1C(Oc1cccc(Cl)c1)CC2. The third-order valence-electron chi connectivity index (χ3n) is 5.67. The number of nitrogens with zero attached hydrogens (tertiary/aromatic N) is 3. The summed E-state index contributed by atoms with van der Waals surface area (Å²) in [7, 11) is 0. The smallest absolute Gasteiger partial charge is 0.126 e. The van der Waals surface area contributed by atoms with Crippen LogP contribution in [0.3, 0.4) is 0 Å². The quantitative estimate of drug-likeness (QED) is 0.678. The van der Waals surface area contributed by atoms with Gasteiger partial charge in [0.2, 0.25) is 0 Å². The van der Waals surface area contributed by atoms with E-state index in [0.717, 1.165) is 55.2 Å². The van der Waals surface area contributed by atoms with Crippen LogP contribution in [0.15, 0.2) is 48.5 Å². The normalized spacial score (nSPS) is 18.4. The molecule has 1 aromatic heterocycles. The largest absolute Gasteiger partial charge is 0.486 e.